The number of aliphatic carboxylic acids is 1. The molecule has 0 aliphatic rings. The van der Waals surface area contributed by atoms with E-state index in [9.17, 15) is 14.4 Å². The summed E-state index contributed by atoms with van der Waals surface area (Å²) >= 11 is 0. The van der Waals surface area contributed by atoms with E-state index in [0.717, 1.165) is 0 Å². The molecule has 10 heteroatoms. The summed E-state index contributed by atoms with van der Waals surface area (Å²) in [6.45, 7) is 8.95. The number of hydrogen-bond acceptors (Lipinski definition) is 7. The van der Waals surface area contributed by atoms with E-state index in [0.29, 0.717) is 59.2 Å². The van der Waals surface area contributed by atoms with E-state index in [4.69, 9.17) is 24.1 Å². The third-order valence-corrected chi connectivity index (χ3v) is 3.37. The number of ether oxygens (including phenoxy) is 4. The maximum atomic E-state index is 11.7. The average Bonchev–Trinajstić information content (AvgIpc) is 2.62. The van der Waals surface area contributed by atoms with Crippen molar-refractivity contribution in [3.05, 3.63) is 0 Å². The largest absolute Gasteiger partial charge is 0.481 e. The van der Waals surface area contributed by atoms with Gasteiger partial charge in [0.2, 0.25) is 5.91 Å². The second kappa shape index (κ2) is 15.9. The van der Waals surface area contributed by atoms with Crippen molar-refractivity contribution < 1.29 is 38.4 Å². The number of carbonyl (C=O) groups is 3. The normalized spacial score (nSPS) is 11.2. The first-order valence-electron chi connectivity index (χ1n) is 9.77. The lowest BCUT2D eigenvalue weighted by Gasteiger charge is -2.24. The number of rotatable bonds is 16. The van der Waals surface area contributed by atoms with E-state index in [-0.39, 0.29) is 24.8 Å². The Morgan fingerprint density at radius 3 is 2.00 bits per heavy atom. The Morgan fingerprint density at radius 1 is 0.897 bits per heavy atom. The van der Waals surface area contributed by atoms with Gasteiger partial charge in [-0.3, -0.25) is 9.59 Å². The molecule has 29 heavy (non-hydrogen) atoms. The van der Waals surface area contributed by atoms with Crippen molar-refractivity contribution in [2.24, 2.45) is 0 Å². The zero-order chi connectivity index (χ0) is 22.1. The van der Waals surface area contributed by atoms with Crippen LogP contribution in [-0.4, -0.2) is 93.4 Å². The molecular weight excluding hydrogens is 384 g/mol. The molecule has 0 saturated heterocycles. The van der Waals surface area contributed by atoms with Gasteiger partial charge in [-0.15, -0.1) is 0 Å². The predicted octanol–water partition coefficient (Wildman–Crippen LogP) is 1.27. The Bertz CT molecular complexity index is 479. The van der Waals surface area contributed by atoms with Crippen molar-refractivity contribution in [1.29, 1.82) is 0 Å². The molecular formula is C19H36N2O8. The molecule has 170 valence electrons. The maximum Gasteiger partial charge on any atom is 0.410 e. The number of nitrogens with zero attached hydrogens (tertiary/aromatic N) is 1. The van der Waals surface area contributed by atoms with Crippen LogP contribution in [0.3, 0.4) is 0 Å². The zero-order valence-electron chi connectivity index (χ0n) is 18.0. The van der Waals surface area contributed by atoms with Gasteiger partial charge >= 0.3 is 12.1 Å². The van der Waals surface area contributed by atoms with E-state index in [2.05, 4.69) is 5.32 Å². The standard InChI is InChI=1S/C19H36N2O8/c1-19(2,3)29-18(25)21(4)9-11-27-13-15-28-14-12-26-10-5-8-20-16(22)6-7-17(23)24/h5-15H2,1-4H3,(H,20,22)(H,23,24). The topological polar surface area (TPSA) is 124 Å². The van der Waals surface area contributed by atoms with Crippen molar-refractivity contribution in [2.45, 2.75) is 45.6 Å². The molecule has 2 amide bonds. The first kappa shape index (κ1) is 27.1. The quantitative estimate of drug-likeness (QED) is 0.358. The molecule has 0 aromatic carbocycles. The third kappa shape index (κ3) is 19.2. The second-order valence-electron chi connectivity index (χ2n) is 7.34. The second-order valence-corrected chi connectivity index (χ2v) is 7.34. The van der Waals surface area contributed by atoms with Crippen molar-refractivity contribution in [3.8, 4) is 0 Å². The molecule has 0 atom stereocenters. The number of hydrogen-bond donors (Lipinski definition) is 2. The minimum absolute atomic E-state index is 0.0105. The van der Waals surface area contributed by atoms with Crippen LogP contribution in [0, 0.1) is 0 Å². The number of likely N-dealkylation sites (N-methyl/N-ethyl adjacent to an activating group) is 1. The highest BCUT2D eigenvalue weighted by molar-refractivity contribution is 5.80. The van der Waals surface area contributed by atoms with Crippen LogP contribution < -0.4 is 5.32 Å². The van der Waals surface area contributed by atoms with Crippen LogP contribution in [-0.2, 0) is 28.5 Å². The summed E-state index contributed by atoms with van der Waals surface area (Å²) in [5.41, 5.74) is -0.516. The molecule has 0 spiro atoms. The SMILES string of the molecule is CN(CCOCCOCCOCCCNC(=O)CCC(=O)O)C(=O)OC(C)(C)C. The third-order valence-electron chi connectivity index (χ3n) is 3.37. The van der Waals surface area contributed by atoms with Crippen molar-refractivity contribution in [1.82, 2.24) is 10.2 Å². The van der Waals surface area contributed by atoms with Gasteiger partial charge in [0.25, 0.3) is 0 Å². The van der Waals surface area contributed by atoms with Crippen LogP contribution in [0.4, 0.5) is 4.79 Å². The lowest BCUT2D eigenvalue weighted by atomic mass is 10.2. The van der Waals surface area contributed by atoms with Crippen LogP contribution in [0.25, 0.3) is 0 Å². The van der Waals surface area contributed by atoms with Crippen LogP contribution in [0.2, 0.25) is 0 Å². The Labute approximate surface area is 172 Å². The summed E-state index contributed by atoms with van der Waals surface area (Å²) in [6.07, 6.45) is 0.0923. The number of nitrogens with one attached hydrogen (secondary N) is 1. The number of amides is 2. The van der Waals surface area contributed by atoms with Gasteiger partial charge in [-0.05, 0) is 27.2 Å². The van der Waals surface area contributed by atoms with Crippen molar-refractivity contribution in [3.63, 3.8) is 0 Å². The van der Waals surface area contributed by atoms with E-state index in [1.54, 1.807) is 7.05 Å². The fraction of sp³-hybridized carbons (Fsp3) is 0.842. The van der Waals surface area contributed by atoms with E-state index < -0.39 is 11.6 Å². The summed E-state index contributed by atoms with van der Waals surface area (Å²) in [5, 5.41) is 11.1. The molecule has 2 N–H and O–H groups in total. The molecule has 0 heterocycles. The fourth-order valence-corrected chi connectivity index (χ4v) is 1.89. The van der Waals surface area contributed by atoms with E-state index in [1.165, 1.54) is 4.90 Å². The molecule has 0 rings (SSSR count). The molecule has 0 fully saturated rings. The summed E-state index contributed by atoms with van der Waals surface area (Å²) in [5.74, 6) is -1.25. The Kier molecular flexibility index (Phi) is 14.9. The summed E-state index contributed by atoms with van der Waals surface area (Å²) in [4.78, 5) is 34.8. The van der Waals surface area contributed by atoms with Gasteiger partial charge in [0.1, 0.15) is 5.60 Å². The van der Waals surface area contributed by atoms with Crippen LogP contribution >= 0.6 is 0 Å². The number of carboxylic acids is 1. The van der Waals surface area contributed by atoms with Gasteiger partial charge in [0.15, 0.2) is 0 Å². The minimum Gasteiger partial charge on any atom is -0.481 e. The molecule has 0 aromatic heterocycles. The van der Waals surface area contributed by atoms with Crippen LogP contribution in [0.15, 0.2) is 0 Å². The van der Waals surface area contributed by atoms with Crippen LogP contribution in [0.5, 0.6) is 0 Å². The highest BCUT2D eigenvalue weighted by Crippen LogP contribution is 2.08. The van der Waals surface area contributed by atoms with E-state index >= 15 is 0 Å². The van der Waals surface area contributed by atoms with E-state index in [1.807, 2.05) is 20.8 Å². The van der Waals surface area contributed by atoms with Gasteiger partial charge in [-0.25, -0.2) is 4.79 Å². The van der Waals surface area contributed by atoms with Gasteiger partial charge in [-0.1, -0.05) is 0 Å². The summed E-state index contributed by atoms with van der Waals surface area (Å²) < 4.78 is 21.4. The Balaban J connectivity index is 3.36. The van der Waals surface area contributed by atoms with Crippen LogP contribution in [0.1, 0.15) is 40.0 Å². The number of carboxylic acid groups (broad SMARTS) is 1. The predicted molar refractivity (Wildman–Crippen MR) is 106 cm³/mol. The van der Waals surface area contributed by atoms with Gasteiger partial charge in [0.05, 0.1) is 39.5 Å². The molecule has 0 aliphatic carbocycles. The van der Waals surface area contributed by atoms with Crippen molar-refractivity contribution >= 4 is 18.0 Å². The lowest BCUT2D eigenvalue weighted by molar-refractivity contribution is -0.138. The molecule has 0 radical (unpaired) electrons. The first-order valence-corrected chi connectivity index (χ1v) is 9.77. The molecule has 0 aliphatic heterocycles. The van der Waals surface area contributed by atoms with Gasteiger partial charge < -0.3 is 34.3 Å². The molecule has 0 unspecified atom stereocenters. The Hall–Kier alpha value is -1.91. The average molecular weight is 421 g/mol. The molecule has 0 bridgehead atoms. The smallest absolute Gasteiger partial charge is 0.410 e. The summed E-state index contributed by atoms with van der Waals surface area (Å²) in [7, 11) is 1.66. The first-order chi connectivity index (χ1) is 13.6. The lowest BCUT2D eigenvalue weighted by Crippen LogP contribution is -2.36. The Morgan fingerprint density at radius 2 is 1.45 bits per heavy atom. The highest BCUT2D eigenvalue weighted by atomic mass is 16.6. The maximum absolute atomic E-state index is 11.7. The fourth-order valence-electron chi connectivity index (χ4n) is 1.89. The molecule has 0 aromatic rings. The minimum atomic E-state index is -0.984. The number of carbonyl (C=O) groups excluding carboxylic acids is 2. The highest BCUT2D eigenvalue weighted by Gasteiger charge is 2.19. The van der Waals surface area contributed by atoms with Gasteiger partial charge in [0, 0.05) is 33.2 Å². The van der Waals surface area contributed by atoms with Crippen molar-refractivity contribution in [2.75, 3.05) is 59.8 Å². The molecule has 0 saturated carbocycles. The summed E-state index contributed by atoms with van der Waals surface area (Å²) in [6, 6.07) is 0. The monoisotopic (exact) mass is 420 g/mol. The zero-order valence-corrected chi connectivity index (χ0v) is 18.0. The molecule has 10 nitrogen and oxygen atoms in total. The van der Waals surface area contributed by atoms with Gasteiger partial charge in [-0.2, -0.15) is 0 Å².